The van der Waals surface area contributed by atoms with Crippen molar-refractivity contribution in [3.05, 3.63) is 30.3 Å². The van der Waals surface area contributed by atoms with E-state index in [4.69, 9.17) is 9.47 Å². The molecule has 0 bridgehead atoms. The number of rotatable bonds is 2. The molecule has 2 aliphatic rings. The van der Waals surface area contributed by atoms with Gasteiger partial charge in [-0.05, 0) is 43.2 Å². The average molecular weight is 269 g/mol. The smallest absolute Gasteiger partial charge is 0.231 e. The number of fused-ring (bicyclic) bond motifs is 1. The minimum atomic E-state index is 0.290. The van der Waals surface area contributed by atoms with Gasteiger partial charge in [0.05, 0.1) is 5.69 Å². The molecule has 0 amide bonds. The van der Waals surface area contributed by atoms with Crippen LogP contribution in [0.4, 0.5) is 5.82 Å². The fraction of sp³-hybridized carbons (Fsp3) is 0.333. The Kier molecular flexibility index (Phi) is 2.69. The van der Waals surface area contributed by atoms with Gasteiger partial charge in [-0.25, -0.2) is 0 Å². The van der Waals surface area contributed by atoms with Crippen molar-refractivity contribution in [1.82, 2.24) is 10.2 Å². The molecular weight excluding hydrogens is 254 g/mol. The van der Waals surface area contributed by atoms with Crippen LogP contribution in [0, 0.1) is 0 Å². The second-order valence-corrected chi connectivity index (χ2v) is 5.04. The van der Waals surface area contributed by atoms with Crippen LogP contribution < -0.4 is 14.4 Å². The lowest BCUT2D eigenvalue weighted by atomic mass is 10.1. The fourth-order valence-corrected chi connectivity index (χ4v) is 2.65. The molecule has 3 heterocycles. The number of nitrogens with zero attached hydrogens (tertiary/aromatic N) is 3. The first-order chi connectivity index (χ1) is 9.90. The van der Waals surface area contributed by atoms with Gasteiger partial charge in [0.15, 0.2) is 17.3 Å². The van der Waals surface area contributed by atoms with Crippen LogP contribution in [0.25, 0.3) is 11.3 Å². The number of ether oxygens (including phenoxy) is 2. The van der Waals surface area contributed by atoms with Crippen LogP contribution in [0.3, 0.4) is 0 Å². The normalized spacial score (nSPS) is 16.7. The molecule has 1 saturated heterocycles. The summed E-state index contributed by atoms with van der Waals surface area (Å²) in [6.45, 7) is 2.45. The Morgan fingerprint density at radius 3 is 2.55 bits per heavy atom. The molecule has 0 radical (unpaired) electrons. The standard InChI is InChI=1S/C15H15N3O2/c1-2-8-18(7-1)15-6-4-12(16-17-15)11-3-5-13-14(9-11)20-10-19-13/h3-6,9H,1-2,7-8,10H2. The highest BCUT2D eigenvalue weighted by molar-refractivity contribution is 5.64. The Hall–Kier alpha value is -2.30. The van der Waals surface area contributed by atoms with Crippen molar-refractivity contribution in [2.75, 3.05) is 24.8 Å². The molecule has 0 N–H and O–H groups in total. The van der Waals surface area contributed by atoms with Gasteiger partial charge in [-0.1, -0.05) is 0 Å². The highest BCUT2D eigenvalue weighted by atomic mass is 16.7. The van der Waals surface area contributed by atoms with Crippen LogP contribution in [0.2, 0.25) is 0 Å². The van der Waals surface area contributed by atoms with E-state index >= 15 is 0 Å². The van der Waals surface area contributed by atoms with Crippen molar-refractivity contribution < 1.29 is 9.47 Å². The maximum absolute atomic E-state index is 5.39. The zero-order valence-corrected chi connectivity index (χ0v) is 11.1. The summed E-state index contributed by atoms with van der Waals surface area (Å²) in [5.74, 6) is 2.52. The van der Waals surface area contributed by atoms with Crippen molar-refractivity contribution in [2.45, 2.75) is 12.8 Å². The van der Waals surface area contributed by atoms with Crippen molar-refractivity contribution in [3.8, 4) is 22.8 Å². The second kappa shape index (κ2) is 4.67. The van der Waals surface area contributed by atoms with Gasteiger partial charge in [0.1, 0.15) is 0 Å². The third-order valence-electron chi connectivity index (χ3n) is 3.75. The van der Waals surface area contributed by atoms with Crippen molar-refractivity contribution >= 4 is 5.82 Å². The monoisotopic (exact) mass is 269 g/mol. The molecule has 0 aliphatic carbocycles. The maximum Gasteiger partial charge on any atom is 0.231 e. The molecule has 20 heavy (non-hydrogen) atoms. The molecule has 1 fully saturated rings. The van der Waals surface area contributed by atoms with E-state index in [0.717, 1.165) is 41.7 Å². The van der Waals surface area contributed by atoms with Crippen molar-refractivity contribution in [1.29, 1.82) is 0 Å². The molecule has 0 spiro atoms. The number of hydrogen-bond donors (Lipinski definition) is 0. The Morgan fingerprint density at radius 1 is 0.900 bits per heavy atom. The molecule has 4 rings (SSSR count). The number of hydrogen-bond acceptors (Lipinski definition) is 5. The van der Waals surface area contributed by atoms with Gasteiger partial charge in [0.25, 0.3) is 0 Å². The molecule has 5 heteroatoms. The van der Waals surface area contributed by atoms with E-state index in [1.807, 2.05) is 30.3 Å². The summed E-state index contributed by atoms with van der Waals surface area (Å²) in [5, 5.41) is 8.67. The third kappa shape index (κ3) is 1.95. The van der Waals surface area contributed by atoms with E-state index in [-0.39, 0.29) is 0 Å². The maximum atomic E-state index is 5.39. The zero-order valence-electron chi connectivity index (χ0n) is 11.1. The number of benzene rings is 1. The van der Waals surface area contributed by atoms with E-state index in [0.29, 0.717) is 6.79 Å². The highest BCUT2D eigenvalue weighted by Crippen LogP contribution is 2.35. The van der Waals surface area contributed by atoms with Gasteiger partial charge in [-0.3, -0.25) is 0 Å². The van der Waals surface area contributed by atoms with Gasteiger partial charge in [-0.2, -0.15) is 0 Å². The molecule has 0 unspecified atom stereocenters. The fourth-order valence-electron chi connectivity index (χ4n) is 2.65. The highest BCUT2D eigenvalue weighted by Gasteiger charge is 2.16. The summed E-state index contributed by atoms with van der Waals surface area (Å²) in [4.78, 5) is 2.27. The second-order valence-electron chi connectivity index (χ2n) is 5.04. The SMILES string of the molecule is c1cc2c(cc1-c1ccc(N3CCCC3)nn1)OCO2. The van der Waals surface area contributed by atoms with Crippen LogP contribution >= 0.6 is 0 Å². The summed E-state index contributed by atoms with van der Waals surface area (Å²) in [7, 11) is 0. The molecular formula is C15H15N3O2. The summed E-state index contributed by atoms with van der Waals surface area (Å²) in [6, 6.07) is 9.89. The van der Waals surface area contributed by atoms with Gasteiger partial charge >= 0.3 is 0 Å². The first-order valence-corrected chi connectivity index (χ1v) is 6.89. The van der Waals surface area contributed by atoms with E-state index in [9.17, 15) is 0 Å². The van der Waals surface area contributed by atoms with Crippen LogP contribution in [0.15, 0.2) is 30.3 Å². The van der Waals surface area contributed by atoms with Gasteiger partial charge < -0.3 is 14.4 Å². The van der Waals surface area contributed by atoms with Crippen molar-refractivity contribution in [3.63, 3.8) is 0 Å². The largest absolute Gasteiger partial charge is 0.454 e. The van der Waals surface area contributed by atoms with Gasteiger partial charge in [0, 0.05) is 18.7 Å². The van der Waals surface area contributed by atoms with Crippen LogP contribution in [0.1, 0.15) is 12.8 Å². The zero-order chi connectivity index (χ0) is 13.4. The first kappa shape index (κ1) is 11.5. The third-order valence-corrected chi connectivity index (χ3v) is 3.75. The topological polar surface area (TPSA) is 47.5 Å². The lowest BCUT2D eigenvalue weighted by Gasteiger charge is -2.15. The molecule has 1 aromatic heterocycles. The van der Waals surface area contributed by atoms with E-state index in [1.54, 1.807) is 0 Å². The summed E-state index contributed by atoms with van der Waals surface area (Å²) in [5.41, 5.74) is 1.85. The van der Waals surface area contributed by atoms with Gasteiger partial charge in [0.2, 0.25) is 6.79 Å². The van der Waals surface area contributed by atoms with Gasteiger partial charge in [-0.15, -0.1) is 10.2 Å². The molecule has 0 saturated carbocycles. The molecule has 1 aromatic carbocycles. The van der Waals surface area contributed by atoms with E-state index in [2.05, 4.69) is 15.1 Å². The number of anilines is 1. The molecule has 2 aliphatic heterocycles. The average Bonchev–Trinajstić information content (AvgIpc) is 3.18. The first-order valence-electron chi connectivity index (χ1n) is 6.89. The summed E-state index contributed by atoms with van der Waals surface area (Å²) in [6.07, 6.45) is 2.48. The molecule has 5 nitrogen and oxygen atoms in total. The lowest BCUT2D eigenvalue weighted by molar-refractivity contribution is 0.174. The van der Waals surface area contributed by atoms with Crippen LogP contribution in [0.5, 0.6) is 11.5 Å². The Labute approximate surface area is 117 Å². The molecule has 102 valence electrons. The predicted octanol–water partition coefficient (Wildman–Crippen LogP) is 2.47. The lowest BCUT2D eigenvalue weighted by Crippen LogP contribution is -2.19. The van der Waals surface area contributed by atoms with Crippen molar-refractivity contribution in [2.24, 2.45) is 0 Å². The minimum absolute atomic E-state index is 0.290. The summed E-state index contributed by atoms with van der Waals surface area (Å²) < 4.78 is 10.7. The van der Waals surface area contributed by atoms with E-state index in [1.165, 1.54) is 12.8 Å². The Bertz CT molecular complexity index is 622. The molecule has 0 atom stereocenters. The van der Waals surface area contributed by atoms with Crippen LogP contribution in [-0.4, -0.2) is 30.1 Å². The number of aromatic nitrogens is 2. The van der Waals surface area contributed by atoms with E-state index < -0.39 is 0 Å². The van der Waals surface area contributed by atoms with Crippen LogP contribution in [-0.2, 0) is 0 Å². The quantitative estimate of drug-likeness (QED) is 0.838. The minimum Gasteiger partial charge on any atom is -0.454 e. The Balaban J connectivity index is 1.62. The summed E-state index contributed by atoms with van der Waals surface area (Å²) >= 11 is 0. The predicted molar refractivity (Wildman–Crippen MR) is 75.0 cm³/mol. The molecule has 2 aromatic rings. The Morgan fingerprint density at radius 2 is 1.75 bits per heavy atom.